The van der Waals surface area contributed by atoms with Crippen LogP contribution >= 0.6 is 11.6 Å². The van der Waals surface area contributed by atoms with Crippen molar-refractivity contribution < 1.29 is 28.8 Å². The number of allylic oxidation sites excluding steroid dienone is 1. The summed E-state index contributed by atoms with van der Waals surface area (Å²) in [6.45, 7) is 13.5. The number of piperidine rings is 1. The molecule has 3 amide bonds. The zero-order valence-corrected chi connectivity index (χ0v) is 23.3. The lowest BCUT2D eigenvalue weighted by molar-refractivity contribution is -0.712. The molecule has 216 valence electrons. The lowest BCUT2D eigenvalue weighted by Gasteiger charge is -2.31. The smallest absolute Gasteiger partial charge is 0.341 e. The third-order valence-corrected chi connectivity index (χ3v) is 6.72. The lowest BCUT2D eigenvalue weighted by atomic mass is 10.0. The minimum Gasteiger partial charge on any atom is -0.482 e. The zero-order chi connectivity index (χ0) is 29.6. The maximum atomic E-state index is 13.0. The number of aliphatic carboxylic acids is 1. The van der Waals surface area contributed by atoms with Crippen molar-refractivity contribution >= 4 is 53.8 Å². The van der Waals surface area contributed by atoms with Crippen molar-refractivity contribution in [3.63, 3.8) is 0 Å². The van der Waals surface area contributed by atoms with Crippen molar-refractivity contribution in [1.82, 2.24) is 30.1 Å². The number of ether oxygens (including phenoxy) is 1. The monoisotopic (exact) mass is 576 g/mol. The van der Waals surface area contributed by atoms with E-state index >= 15 is 0 Å². The average molecular weight is 577 g/mol. The van der Waals surface area contributed by atoms with Gasteiger partial charge in [0.2, 0.25) is 0 Å². The third-order valence-electron chi connectivity index (χ3n) is 6.44. The Labute approximate surface area is 236 Å². The minimum atomic E-state index is -1.13. The van der Waals surface area contributed by atoms with Gasteiger partial charge in [-0.05, 0) is 20.4 Å². The summed E-state index contributed by atoms with van der Waals surface area (Å²) in [5.74, 6) is -1.12. The molecule has 0 atom stereocenters. The van der Waals surface area contributed by atoms with E-state index in [4.69, 9.17) is 32.9 Å². The number of amides is 3. The van der Waals surface area contributed by atoms with E-state index in [0.29, 0.717) is 55.5 Å². The molecule has 0 unspecified atom stereocenters. The quantitative estimate of drug-likeness (QED) is 0.183. The molecule has 3 rings (SSSR count). The van der Waals surface area contributed by atoms with Crippen LogP contribution in [0.1, 0.15) is 49.0 Å². The molecule has 0 radical (unpaired) electrons. The number of anilines is 2. The van der Waals surface area contributed by atoms with E-state index in [-0.39, 0.29) is 46.9 Å². The molecule has 14 nitrogen and oxygen atoms in total. The van der Waals surface area contributed by atoms with Crippen LogP contribution in [-0.4, -0.2) is 68.7 Å². The number of carbonyl (C=O) groups excluding carboxylic acids is 2. The molecule has 3 heterocycles. The summed E-state index contributed by atoms with van der Waals surface area (Å²) in [5.41, 5.74) is 11.3. The number of nitrogens with two attached hydrogens (primary N) is 2. The van der Waals surface area contributed by atoms with E-state index in [1.165, 1.54) is 0 Å². The van der Waals surface area contributed by atoms with Crippen molar-refractivity contribution in [3.8, 4) is 0 Å². The molecule has 0 aromatic carbocycles. The largest absolute Gasteiger partial charge is 0.482 e. The van der Waals surface area contributed by atoms with Gasteiger partial charge < -0.3 is 36.8 Å². The number of aromatic nitrogens is 4. The van der Waals surface area contributed by atoms with Gasteiger partial charge in [-0.3, -0.25) is 4.79 Å². The first-order valence-corrected chi connectivity index (χ1v) is 13.1. The molecule has 2 aromatic heterocycles. The molecule has 0 saturated carbocycles. The van der Waals surface area contributed by atoms with Gasteiger partial charge in [0.15, 0.2) is 39.8 Å². The summed E-state index contributed by atoms with van der Waals surface area (Å²) in [4.78, 5) is 46.0. The number of carbonyl (C=O) groups is 3. The molecule has 1 fully saturated rings. The maximum absolute atomic E-state index is 13.0. The predicted molar refractivity (Wildman–Crippen MR) is 148 cm³/mol. The second-order valence-electron chi connectivity index (χ2n) is 9.03. The minimum absolute atomic E-state index is 0.0607. The first kappa shape index (κ1) is 30.2. The van der Waals surface area contributed by atoms with E-state index < -0.39 is 18.5 Å². The maximum Gasteiger partial charge on any atom is 0.341 e. The number of hydrogen-bond donors (Lipinski definition) is 5. The predicted octanol–water partition coefficient (Wildman–Crippen LogP) is -0.495. The van der Waals surface area contributed by atoms with Crippen LogP contribution in [0.15, 0.2) is 12.3 Å². The van der Waals surface area contributed by atoms with Crippen LogP contribution in [0.4, 0.5) is 16.4 Å². The molecule has 0 bridgehead atoms. The van der Waals surface area contributed by atoms with Gasteiger partial charge in [0.05, 0.1) is 6.54 Å². The highest BCUT2D eigenvalue weighted by molar-refractivity contribution is 6.31. The summed E-state index contributed by atoms with van der Waals surface area (Å²) < 4.78 is 9.23. The number of hydrogen-bond acceptors (Lipinski definition) is 8. The third kappa shape index (κ3) is 6.81. The normalized spacial score (nSPS) is 14.2. The Morgan fingerprint density at radius 3 is 2.48 bits per heavy atom. The first-order valence-electron chi connectivity index (χ1n) is 12.7. The van der Waals surface area contributed by atoms with Crippen molar-refractivity contribution in [3.05, 3.63) is 39.7 Å². The van der Waals surface area contributed by atoms with Crippen molar-refractivity contribution in [2.75, 3.05) is 37.7 Å². The summed E-state index contributed by atoms with van der Waals surface area (Å²) in [6.07, 6.45) is 2.89. The van der Waals surface area contributed by atoms with E-state index in [1.807, 2.05) is 23.0 Å². The lowest BCUT2D eigenvalue weighted by Crippen LogP contribution is -2.53. The Bertz CT molecular complexity index is 1420. The van der Waals surface area contributed by atoms with Crippen molar-refractivity contribution in [1.29, 1.82) is 0 Å². The van der Waals surface area contributed by atoms with E-state index in [9.17, 15) is 14.4 Å². The zero-order valence-electron chi connectivity index (χ0n) is 22.6. The van der Waals surface area contributed by atoms with Gasteiger partial charge in [0, 0.05) is 38.6 Å². The fourth-order valence-corrected chi connectivity index (χ4v) is 4.73. The van der Waals surface area contributed by atoms with Gasteiger partial charge in [-0.1, -0.05) is 18.2 Å². The number of imidazole rings is 1. The van der Waals surface area contributed by atoms with Crippen molar-refractivity contribution in [2.24, 2.45) is 0 Å². The number of nitrogens with one attached hydrogen (secondary N) is 2. The molecule has 1 saturated heterocycles. The fraction of sp³-hybridized carbons (Fsp3) is 0.440. The molecule has 0 spiro atoms. The Morgan fingerprint density at radius 1 is 1.20 bits per heavy atom. The van der Waals surface area contributed by atoms with Crippen molar-refractivity contribution in [2.45, 2.75) is 45.8 Å². The van der Waals surface area contributed by atoms with Gasteiger partial charge in [-0.2, -0.15) is 0 Å². The number of likely N-dealkylation sites (tertiary alicyclic amines) is 1. The van der Waals surface area contributed by atoms with Crippen LogP contribution in [0.5, 0.6) is 0 Å². The number of nitrogen functional groups attached to an aromatic ring is 2. The topological polar surface area (TPSA) is 195 Å². The molecule has 40 heavy (non-hydrogen) atoms. The SMILES string of the molecule is C=C(/C=c1\c(=C)[n+](CC)c(CNC(=O)c2nc(Cl)c(N)nc2N)n1C1CCN(C(=O)NCC)CC1)OCC(=O)O. The Morgan fingerprint density at radius 2 is 1.88 bits per heavy atom. The highest BCUT2D eigenvalue weighted by atomic mass is 35.5. The molecule has 7 N–H and O–H groups in total. The van der Waals surface area contributed by atoms with E-state index in [1.54, 1.807) is 11.0 Å². The molecular weight excluding hydrogens is 542 g/mol. The summed E-state index contributed by atoms with van der Waals surface area (Å²) in [6, 6.07) is -0.189. The van der Waals surface area contributed by atoms with Crippen LogP contribution in [-0.2, 0) is 22.6 Å². The summed E-state index contributed by atoms with van der Waals surface area (Å²) in [5, 5.41) is 15.8. The number of halogens is 1. The number of urea groups is 1. The molecule has 2 aromatic rings. The number of carboxylic acid groups (broad SMARTS) is 1. The van der Waals surface area contributed by atoms with Gasteiger partial charge in [-0.25, -0.2) is 28.7 Å². The van der Waals surface area contributed by atoms with Gasteiger partial charge in [0.25, 0.3) is 11.7 Å². The fourth-order valence-electron chi connectivity index (χ4n) is 4.61. The standard InChI is InChI=1S/C25H34ClN9O5/c1-5-29-25(39)33-9-7-16(8-10-33)35-17(11-14(3)40-13-19(36)37)15(4)34(6-2)18(35)12-30-24(38)20-22(27)32-23(28)21(26)31-20/h11,16H,3-10,12-13H2,1-2H3,(H6-,27,28,29,30,32,36,37,38,39)/p+1/b17-11+. The number of rotatable bonds is 10. The molecule has 1 aliphatic heterocycles. The van der Waals surface area contributed by atoms with E-state index in [2.05, 4.69) is 33.8 Å². The number of carboxylic acids is 1. The van der Waals surface area contributed by atoms with Gasteiger partial charge in [-0.15, -0.1) is 0 Å². The second-order valence-corrected chi connectivity index (χ2v) is 9.38. The summed E-state index contributed by atoms with van der Waals surface area (Å²) in [7, 11) is 0. The second kappa shape index (κ2) is 13.2. The Kier molecular flexibility index (Phi) is 9.93. The van der Waals surface area contributed by atoms with Crippen LogP contribution < -0.4 is 37.4 Å². The van der Waals surface area contributed by atoms with Crippen LogP contribution in [0.25, 0.3) is 12.7 Å². The van der Waals surface area contributed by atoms with Crippen LogP contribution in [0, 0.1) is 0 Å². The number of nitrogens with zero attached hydrogens (tertiary/aromatic N) is 5. The molecule has 0 aliphatic carbocycles. The Hall–Kier alpha value is -4.33. The molecule has 1 aliphatic rings. The van der Waals surface area contributed by atoms with Crippen LogP contribution in [0.2, 0.25) is 5.15 Å². The van der Waals surface area contributed by atoms with Crippen LogP contribution in [0.3, 0.4) is 0 Å². The van der Waals surface area contributed by atoms with Gasteiger partial charge >= 0.3 is 12.0 Å². The molecular formula is C25H35ClN9O5+. The van der Waals surface area contributed by atoms with E-state index in [0.717, 1.165) is 0 Å². The first-order chi connectivity index (χ1) is 19.0. The average Bonchev–Trinajstić information content (AvgIpc) is 3.18. The highest BCUT2D eigenvalue weighted by Crippen LogP contribution is 2.22. The van der Waals surface area contributed by atoms with Gasteiger partial charge in [0.1, 0.15) is 18.3 Å². The Balaban J connectivity index is 2.01. The molecule has 15 heteroatoms. The highest BCUT2D eigenvalue weighted by Gasteiger charge is 2.32. The summed E-state index contributed by atoms with van der Waals surface area (Å²) >= 11 is 5.95.